The van der Waals surface area contributed by atoms with Gasteiger partial charge in [0.05, 0.1) is 11.8 Å². The lowest BCUT2D eigenvalue weighted by Crippen LogP contribution is -2.46. The number of allylic oxidation sites excluding steroid dienone is 2. The Labute approximate surface area is 190 Å². The first kappa shape index (κ1) is 24.1. The molecule has 3 rings (SSSR count). The number of guanidine groups is 1. The lowest BCUT2D eigenvalue weighted by Gasteiger charge is -2.27. The summed E-state index contributed by atoms with van der Waals surface area (Å²) in [7, 11) is 1.66. The summed E-state index contributed by atoms with van der Waals surface area (Å²) in [6.07, 6.45) is 5.65. The van der Waals surface area contributed by atoms with E-state index in [1.54, 1.807) is 11.9 Å². The SMILES string of the molecule is CCCN(CCNC(=NC)NCCN1C(=O)C2C3C=CC(C3)C2C1=O)C(=O)OC(C)(C)C. The monoisotopic (exact) mass is 447 g/mol. The van der Waals surface area contributed by atoms with E-state index in [0.717, 1.165) is 12.8 Å². The number of imide groups is 1. The van der Waals surface area contributed by atoms with E-state index in [2.05, 4.69) is 27.8 Å². The molecule has 2 aliphatic carbocycles. The summed E-state index contributed by atoms with van der Waals surface area (Å²) in [6, 6.07) is 0. The largest absolute Gasteiger partial charge is 0.444 e. The molecule has 2 N–H and O–H groups in total. The molecule has 3 amide bonds. The Hall–Kier alpha value is -2.58. The highest BCUT2D eigenvalue weighted by Crippen LogP contribution is 2.52. The van der Waals surface area contributed by atoms with Gasteiger partial charge in [0, 0.05) is 39.8 Å². The summed E-state index contributed by atoms with van der Waals surface area (Å²) >= 11 is 0. The van der Waals surface area contributed by atoms with E-state index in [9.17, 15) is 14.4 Å². The van der Waals surface area contributed by atoms with Crippen LogP contribution in [0.25, 0.3) is 0 Å². The van der Waals surface area contributed by atoms with Crippen molar-refractivity contribution in [2.24, 2.45) is 28.7 Å². The summed E-state index contributed by atoms with van der Waals surface area (Å²) in [5.74, 6) is 0.629. The minimum absolute atomic E-state index is 0.0332. The number of likely N-dealkylation sites (tertiary alicyclic amines) is 1. The Bertz CT molecular complexity index is 758. The summed E-state index contributed by atoms with van der Waals surface area (Å²) in [4.78, 5) is 45.1. The fraction of sp³-hybridized carbons (Fsp3) is 0.739. The van der Waals surface area contributed by atoms with E-state index in [4.69, 9.17) is 4.74 Å². The van der Waals surface area contributed by atoms with Crippen LogP contribution >= 0.6 is 0 Å². The van der Waals surface area contributed by atoms with Crippen molar-refractivity contribution in [3.05, 3.63) is 12.2 Å². The Morgan fingerprint density at radius 3 is 2.25 bits per heavy atom. The van der Waals surface area contributed by atoms with Gasteiger partial charge < -0.3 is 20.3 Å². The van der Waals surface area contributed by atoms with Gasteiger partial charge in [-0.05, 0) is 45.4 Å². The molecule has 0 aromatic rings. The highest BCUT2D eigenvalue weighted by molar-refractivity contribution is 6.06. The number of nitrogens with zero attached hydrogens (tertiary/aromatic N) is 3. The van der Waals surface area contributed by atoms with E-state index in [1.165, 1.54) is 4.90 Å². The van der Waals surface area contributed by atoms with Gasteiger partial charge in [-0.1, -0.05) is 19.1 Å². The first-order valence-corrected chi connectivity index (χ1v) is 11.6. The quantitative estimate of drug-likeness (QED) is 0.254. The van der Waals surface area contributed by atoms with Gasteiger partial charge in [-0.15, -0.1) is 0 Å². The Balaban J connectivity index is 1.42. The number of carbonyl (C=O) groups is 3. The van der Waals surface area contributed by atoms with E-state index >= 15 is 0 Å². The third kappa shape index (κ3) is 5.24. The molecule has 9 heteroatoms. The summed E-state index contributed by atoms with van der Waals surface area (Å²) < 4.78 is 5.47. The first-order valence-electron chi connectivity index (χ1n) is 11.6. The molecule has 0 aromatic heterocycles. The summed E-state index contributed by atoms with van der Waals surface area (Å²) in [5.41, 5.74) is -0.535. The third-order valence-corrected chi connectivity index (χ3v) is 6.23. The lowest BCUT2D eigenvalue weighted by molar-refractivity contribution is -0.140. The van der Waals surface area contributed by atoms with Crippen molar-refractivity contribution in [1.82, 2.24) is 20.4 Å². The Morgan fingerprint density at radius 1 is 1.12 bits per heavy atom. The number of carbonyl (C=O) groups excluding carboxylic acids is 3. The van der Waals surface area contributed by atoms with Crippen molar-refractivity contribution in [2.75, 3.05) is 39.8 Å². The van der Waals surface area contributed by atoms with Crippen LogP contribution in [0.4, 0.5) is 4.79 Å². The van der Waals surface area contributed by atoms with Crippen molar-refractivity contribution in [2.45, 2.75) is 46.1 Å². The van der Waals surface area contributed by atoms with Gasteiger partial charge in [-0.2, -0.15) is 0 Å². The van der Waals surface area contributed by atoms with Crippen LogP contribution in [-0.4, -0.2) is 79.0 Å². The molecule has 0 aromatic carbocycles. The molecule has 4 atom stereocenters. The average molecular weight is 448 g/mol. The van der Waals surface area contributed by atoms with Gasteiger partial charge in [0.2, 0.25) is 11.8 Å². The minimum atomic E-state index is -0.535. The number of amides is 3. The second-order valence-corrected chi connectivity index (χ2v) is 9.72. The van der Waals surface area contributed by atoms with Crippen molar-refractivity contribution in [1.29, 1.82) is 0 Å². The second kappa shape index (κ2) is 9.92. The first-order chi connectivity index (χ1) is 15.2. The van der Waals surface area contributed by atoms with Crippen molar-refractivity contribution < 1.29 is 19.1 Å². The molecule has 0 spiro atoms. The number of hydrogen-bond acceptors (Lipinski definition) is 5. The predicted octanol–water partition coefficient (Wildman–Crippen LogP) is 1.61. The molecule has 2 fully saturated rings. The molecule has 1 saturated carbocycles. The summed E-state index contributed by atoms with van der Waals surface area (Å²) in [6.45, 7) is 9.90. The predicted molar refractivity (Wildman–Crippen MR) is 122 cm³/mol. The molecule has 1 aliphatic heterocycles. The van der Waals surface area contributed by atoms with Crippen LogP contribution in [0.5, 0.6) is 0 Å². The van der Waals surface area contributed by atoms with Gasteiger partial charge in [0.1, 0.15) is 5.60 Å². The van der Waals surface area contributed by atoms with Gasteiger partial charge in [0.25, 0.3) is 0 Å². The van der Waals surface area contributed by atoms with E-state index < -0.39 is 5.60 Å². The van der Waals surface area contributed by atoms with E-state index in [1.807, 2.05) is 27.7 Å². The van der Waals surface area contributed by atoms with Crippen LogP contribution in [-0.2, 0) is 14.3 Å². The number of nitrogens with one attached hydrogen (secondary N) is 2. The van der Waals surface area contributed by atoms with Crippen molar-refractivity contribution in [3.63, 3.8) is 0 Å². The Morgan fingerprint density at radius 2 is 1.72 bits per heavy atom. The number of hydrogen-bond donors (Lipinski definition) is 2. The van der Waals surface area contributed by atoms with E-state index in [0.29, 0.717) is 38.7 Å². The molecule has 178 valence electrons. The maximum absolute atomic E-state index is 12.8. The molecule has 1 heterocycles. The molecule has 32 heavy (non-hydrogen) atoms. The molecule has 4 unspecified atom stereocenters. The van der Waals surface area contributed by atoms with E-state index in [-0.39, 0.29) is 41.6 Å². The highest BCUT2D eigenvalue weighted by atomic mass is 16.6. The van der Waals surface area contributed by atoms with Crippen molar-refractivity contribution in [3.8, 4) is 0 Å². The molecule has 2 bridgehead atoms. The molecule has 1 saturated heterocycles. The topological polar surface area (TPSA) is 103 Å². The molecule has 3 aliphatic rings. The van der Waals surface area contributed by atoms with Crippen LogP contribution in [0.2, 0.25) is 0 Å². The number of fused-ring (bicyclic) bond motifs is 5. The van der Waals surface area contributed by atoms with Crippen LogP contribution in [0.1, 0.15) is 40.5 Å². The zero-order valence-corrected chi connectivity index (χ0v) is 19.9. The fourth-order valence-corrected chi connectivity index (χ4v) is 4.89. The maximum Gasteiger partial charge on any atom is 0.410 e. The van der Waals surface area contributed by atoms with Gasteiger partial charge in [-0.3, -0.25) is 19.5 Å². The number of ether oxygens (including phenoxy) is 1. The molecular weight excluding hydrogens is 410 g/mol. The number of rotatable bonds is 8. The maximum atomic E-state index is 12.8. The zero-order chi connectivity index (χ0) is 23.5. The number of aliphatic imine (C=N–C) groups is 1. The van der Waals surface area contributed by atoms with Crippen LogP contribution in [0, 0.1) is 23.7 Å². The molecular formula is C23H37N5O4. The Kier molecular flexibility index (Phi) is 7.46. The fourth-order valence-electron chi connectivity index (χ4n) is 4.89. The second-order valence-electron chi connectivity index (χ2n) is 9.72. The smallest absolute Gasteiger partial charge is 0.410 e. The van der Waals surface area contributed by atoms with Gasteiger partial charge >= 0.3 is 6.09 Å². The van der Waals surface area contributed by atoms with Gasteiger partial charge in [0.15, 0.2) is 5.96 Å². The van der Waals surface area contributed by atoms with Gasteiger partial charge in [-0.25, -0.2) is 4.79 Å². The van der Waals surface area contributed by atoms with Crippen LogP contribution in [0.15, 0.2) is 17.1 Å². The molecule has 9 nitrogen and oxygen atoms in total. The third-order valence-electron chi connectivity index (χ3n) is 6.23. The average Bonchev–Trinajstić information content (AvgIpc) is 3.40. The lowest BCUT2D eigenvalue weighted by atomic mass is 9.85. The van der Waals surface area contributed by atoms with Crippen molar-refractivity contribution >= 4 is 23.9 Å². The summed E-state index contributed by atoms with van der Waals surface area (Å²) in [5, 5.41) is 6.34. The normalized spacial score (nSPS) is 26.5. The minimum Gasteiger partial charge on any atom is -0.444 e. The van der Waals surface area contributed by atoms with Crippen LogP contribution in [0.3, 0.4) is 0 Å². The standard InChI is InChI=1S/C23H37N5O4/c1-6-11-27(22(31)32-23(2,3)4)12-9-25-21(24-5)26-10-13-28-19(29)17-15-7-8-16(14-15)18(17)20(28)30/h7-8,15-18H,6,9-14H2,1-5H3,(H2,24,25,26). The zero-order valence-electron chi connectivity index (χ0n) is 19.9. The highest BCUT2D eigenvalue weighted by Gasteiger charge is 2.58. The molecule has 0 radical (unpaired) electrons. The van der Waals surface area contributed by atoms with Crippen LogP contribution < -0.4 is 10.6 Å².